The van der Waals surface area contributed by atoms with Crippen LogP contribution < -0.4 is 5.32 Å². The Morgan fingerprint density at radius 3 is 2.68 bits per heavy atom. The quantitative estimate of drug-likeness (QED) is 0.499. The van der Waals surface area contributed by atoms with Gasteiger partial charge in [0, 0.05) is 22.7 Å². The number of aromatic amines is 1. The number of nitrogens with zero attached hydrogens (tertiary/aromatic N) is 2. The number of nitrogens with one attached hydrogen (secondary N) is 2. The summed E-state index contributed by atoms with van der Waals surface area (Å²) in [5.41, 5.74) is 0.670. The predicted octanol–water partition coefficient (Wildman–Crippen LogP) is 3.42. The van der Waals surface area contributed by atoms with Gasteiger partial charge in [-0.2, -0.15) is 5.10 Å². The van der Waals surface area contributed by atoms with Gasteiger partial charge in [-0.05, 0) is 24.3 Å². The Kier molecular flexibility index (Phi) is 4.81. The first-order valence-corrected chi connectivity index (χ1v) is 7.84. The van der Waals surface area contributed by atoms with Crippen molar-refractivity contribution < 1.29 is 9.72 Å². The molecule has 0 fully saturated rings. The summed E-state index contributed by atoms with van der Waals surface area (Å²) < 4.78 is 0. The van der Waals surface area contributed by atoms with Gasteiger partial charge in [-0.3, -0.25) is 20.0 Å². The lowest BCUT2D eigenvalue weighted by atomic mass is 10.1. The summed E-state index contributed by atoms with van der Waals surface area (Å²) >= 11 is 1.41. The zero-order valence-corrected chi connectivity index (χ0v) is 13.2. The normalized spacial score (nSPS) is 10.7. The first kappa shape index (κ1) is 16.0. The van der Waals surface area contributed by atoms with Gasteiger partial charge in [0.2, 0.25) is 0 Å². The molecular formula is C14H16N4O3S. The Morgan fingerprint density at radius 2 is 2.14 bits per heavy atom. The minimum absolute atomic E-state index is 0.0194. The van der Waals surface area contributed by atoms with E-state index in [1.807, 2.05) is 20.1 Å². The van der Waals surface area contributed by atoms with Crippen LogP contribution in [0.25, 0.3) is 0 Å². The molecule has 2 aromatic rings. The smallest absolute Gasteiger partial charge is 0.282 e. The van der Waals surface area contributed by atoms with Gasteiger partial charge in [0.1, 0.15) is 5.56 Å². The lowest BCUT2D eigenvalue weighted by molar-refractivity contribution is -0.385. The van der Waals surface area contributed by atoms with Crippen molar-refractivity contribution in [2.24, 2.45) is 0 Å². The predicted molar refractivity (Wildman–Crippen MR) is 85.5 cm³/mol. The van der Waals surface area contributed by atoms with Crippen molar-refractivity contribution in [1.82, 2.24) is 10.2 Å². The van der Waals surface area contributed by atoms with E-state index in [1.165, 1.54) is 23.9 Å². The lowest BCUT2D eigenvalue weighted by Gasteiger charge is -2.05. The molecule has 0 unspecified atom stereocenters. The van der Waals surface area contributed by atoms with Crippen LogP contribution in [0.1, 0.15) is 35.8 Å². The van der Waals surface area contributed by atoms with Crippen molar-refractivity contribution in [3.63, 3.8) is 0 Å². The largest absolute Gasteiger partial charge is 0.305 e. The fourth-order valence-electron chi connectivity index (χ4n) is 1.86. The van der Waals surface area contributed by atoms with Crippen LogP contribution >= 0.6 is 11.8 Å². The van der Waals surface area contributed by atoms with E-state index in [2.05, 4.69) is 15.5 Å². The van der Waals surface area contributed by atoms with Crippen molar-refractivity contribution >= 4 is 29.2 Å². The third kappa shape index (κ3) is 3.45. The van der Waals surface area contributed by atoms with Gasteiger partial charge >= 0.3 is 0 Å². The number of aromatic nitrogens is 2. The number of rotatable bonds is 5. The molecule has 1 aromatic heterocycles. The van der Waals surface area contributed by atoms with Crippen molar-refractivity contribution in [2.45, 2.75) is 24.7 Å². The second-order valence-electron chi connectivity index (χ2n) is 4.96. The van der Waals surface area contributed by atoms with Gasteiger partial charge in [0.25, 0.3) is 11.6 Å². The molecule has 8 heteroatoms. The molecule has 0 atom stereocenters. The lowest BCUT2D eigenvalue weighted by Crippen LogP contribution is -2.14. The van der Waals surface area contributed by atoms with Crippen molar-refractivity contribution in [3.05, 3.63) is 45.6 Å². The van der Waals surface area contributed by atoms with Crippen LogP contribution in [0, 0.1) is 10.1 Å². The number of benzene rings is 1. The van der Waals surface area contributed by atoms with Crippen molar-refractivity contribution in [2.75, 3.05) is 11.6 Å². The molecular weight excluding hydrogens is 304 g/mol. The van der Waals surface area contributed by atoms with Gasteiger partial charge in [-0.1, -0.05) is 13.8 Å². The average molecular weight is 320 g/mol. The van der Waals surface area contributed by atoms with Gasteiger partial charge in [-0.25, -0.2) is 0 Å². The summed E-state index contributed by atoms with van der Waals surface area (Å²) in [6.07, 6.45) is 1.84. The number of carbonyl (C=O) groups excluding carboxylic acids is 1. The molecule has 0 bridgehead atoms. The van der Waals surface area contributed by atoms with E-state index in [9.17, 15) is 14.9 Å². The standard InChI is InChI=1S/C14H16N4O3S/c1-8(2)11-7-13(17-16-11)15-14(19)10-6-9(22-3)4-5-12(10)18(20)21/h4-8H,1-3H3,(H2,15,16,17,19). The van der Waals surface area contributed by atoms with Crippen LogP contribution in [0.3, 0.4) is 0 Å². The van der Waals surface area contributed by atoms with Gasteiger partial charge in [0.05, 0.1) is 4.92 Å². The number of hydrogen-bond acceptors (Lipinski definition) is 5. The number of anilines is 1. The van der Waals surface area contributed by atoms with Crippen LogP contribution in [-0.2, 0) is 0 Å². The van der Waals surface area contributed by atoms with E-state index in [-0.39, 0.29) is 17.2 Å². The highest BCUT2D eigenvalue weighted by atomic mass is 32.2. The minimum atomic E-state index is -0.566. The monoisotopic (exact) mass is 320 g/mol. The molecule has 0 aliphatic rings. The van der Waals surface area contributed by atoms with Crippen molar-refractivity contribution in [1.29, 1.82) is 0 Å². The third-order valence-electron chi connectivity index (χ3n) is 3.11. The third-order valence-corrected chi connectivity index (χ3v) is 3.83. The highest BCUT2D eigenvalue weighted by Gasteiger charge is 2.21. The fourth-order valence-corrected chi connectivity index (χ4v) is 2.30. The molecule has 22 heavy (non-hydrogen) atoms. The van der Waals surface area contributed by atoms with E-state index in [0.717, 1.165) is 10.6 Å². The maximum atomic E-state index is 12.3. The molecule has 2 rings (SSSR count). The van der Waals surface area contributed by atoms with Gasteiger partial charge in [0.15, 0.2) is 5.82 Å². The minimum Gasteiger partial charge on any atom is -0.305 e. The van der Waals surface area contributed by atoms with Crippen LogP contribution in [0.2, 0.25) is 0 Å². The van der Waals surface area contributed by atoms with E-state index in [1.54, 1.807) is 12.1 Å². The number of hydrogen-bond donors (Lipinski definition) is 2. The second kappa shape index (κ2) is 6.61. The zero-order chi connectivity index (χ0) is 16.3. The summed E-state index contributed by atoms with van der Waals surface area (Å²) in [5, 5.41) is 20.5. The Morgan fingerprint density at radius 1 is 1.41 bits per heavy atom. The molecule has 2 N–H and O–H groups in total. The topological polar surface area (TPSA) is 101 Å². The first-order valence-electron chi connectivity index (χ1n) is 6.61. The zero-order valence-electron chi connectivity index (χ0n) is 12.4. The molecule has 1 amide bonds. The Hall–Kier alpha value is -2.35. The molecule has 0 spiro atoms. The summed E-state index contributed by atoms with van der Waals surface area (Å²) in [6, 6.07) is 6.18. The van der Waals surface area contributed by atoms with E-state index >= 15 is 0 Å². The highest BCUT2D eigenvalue weighted by molar-refractivity contribution is 7.98. The molecule has 116 valence electrons. The molecule has 0 aliphatic heterocycles. The average Bonchev–Trinajstić information content (AvgIpc) is 2.95. The van der Waals surface area contributed by atoms with E-state index in [0.29, 0.717) is 5.82 Å². The summed E-state index contributed by atoms with van der Waals surface area (Å²) in [6.45, 7) is 3.98. The van der Waals surface area contributed by atoms with Crippen LogP contribution in [0.4, 0.5) is 11.5 Å². The molecule has 1 heterocycles. The summed E-state index contributed by atoms with van der Waals surface area (Å²) in [4.78, 5) is 23.6. The summed E-state index contributed by atoms with van der Waals surface area (Å²) in [7, 11) is 0. The molecule has 0 radical (unpaired) electrons. The molecule has 0 aliphatic carbocycles. The Labute approximate surface area is 131 Å². The van der Waals surface area contributed by atoms with Crippen LogP contribution in [0.15, 0.2) is 29.2 Å². The van der Waals surface area contributed by atoms with E-state index in [4.69, 9.17) is 0 Å². The number of amides is 1. The maximum Gasteiger partial charge on any atom is 0.282 e. The van der Waals surface area contributed by atoms with Gasteiger partial charge < -0.3 is 5.32 Å². The molecule has 0 saturated heterocycles. The second-order valence-corrected chi connectivity index (χ2v) is 5.84. The number of H-pyrrole nitrogens is 1. The molecule has 0 saturated carbocycles. The number of carbonyl (C=O) groups is 1. The Balaban J connectivity index is 2.29. The highest BCUT2D eigenvalue weighted by Crippen LogP contribution is 2.25. The van der Waals surface area contributed by atoms with E-state index < -0.39 is 10.8 Å². The van der Waals surface area contributed by atoms with Gasteiger partial charge in [-0.15, -0.1) is 11.8 Å². The van der Waals surface area contributed by atoms with Crippen LogP contribution in [-0.4, -0.2) is 27.3 Å². The number of thioether (sulfide) groups is 1. The number of nitro groups is 1. The SMILES string of the molecule is CSc1ccc([N+](=O)[O-])c(C(=O)Nc2cc(C(C)C)[nH]n2)c1. The summed E-state index contributed by atoms with van der Waals surface area (Å²) in [5.74, 6) is 0.0364. The molecule has 1 aromatic carbocycles. The number of nitro benzene ring substituents is 1. The maximum absolute atomic E-state index is 12.3. The molecule has 7 nitrogen and oxygen atoms in total. The van der Waals surface area contributed by atoms with Crippen molar-refractivity contribution in [3.8, 4) is 0 Å². The Bertz CT molecular complexity index is 712. The van der Waals surface area contributed by atoms with Crippen LogP contribution in [0.5, 0.6) is 0 Å². The fraction of sp³-hybridized carbons (Fsp3) is 0.286. The first-order chi connectivity index (χ1) is 10.4.